The van der Waals surface area contributed by atoms with Crippen molar-refractivity contribution < 1.29 is 9.53 Å². The number of ether oxygens (including phenoxy) is 1. The summed E-state index contributed by atoms with van der Waals surface area (Å²) in [5, 5.41) is 0. The molecule has 1 aliphatic heterocycles. The monoisotopic (exact) mass is 418 g/mol. The van der Waals surface area contributed by atoms with Crippen LogP contribution in [-0.4, -0.2) is 60.1 Å². The van der Waals surface area contributed by atoms with Crippen molar-refractivity contribution in [2.24, 2.45) is 0 Å². The second kappa shape index (κ2) is 8.59. The Morgan fingerprint density at radius 3 is 2.65 bits per heavy atom. The van der Waals surface area contributed by atoms with Gasteiger partial charge >= 0.3 is 0 Å². The molecule has 0 saturated carbocycles. The van der Waals surface area contributed by atoms with Crippen molar-refractivity contribution in [2.75, 3.05) is 44.9 Å². The predicted octanol–water partition coefficient (Wildman–Crippen LogP) is 2.83. The number of methoxy groups -OCH3 is 1. The van der Waals surface area contributed by atoms with Crippen LogP contribution in [0, 0.1) is 0 Å². The molecule has 3 heterocycles. The number of nitrogen functional groups attached to an aromatic ring is 1. The topological polar surface area (TPSA) is 97.5 Å². The lowest BCUT2D eigenvalue weighted by molar-refractivity contribution is 0.0791. The lowest BCUT2D eigenvalue weighted by Gasteiger charge is -2.20. The van der Waals surface area contributed by atoms with Gasteiger partial charge in [-0.15, -0.1) is 0 Å². The third kappa shape index (κ3) is 4.14. The lowest BCUT2D eigenvalue weighted by Crippen LogP contribution is -2.29. The number of anilines is 2. The van der Waals surface area contributed by atoms with E-state index in [0.29, 0.717) is 24.6 Å². The first kappa shape index (κ1) is 20.6. The van der Waals surface area contributed by atoms with E-state index in [-0.39, 0.29) is 17.6 Å². The molecule has 2 N–H and O–H groups in total. The van der Waals surface area contributed by atoms with E-state index in [1.54, 1.807) is 25.4 Å². The zero-order valence-corrected chi connectivity index (χ0v) is 17.9. The maximum Gasteiger partial charge on any atom is 0.257 e. The Balaban J connectivity index is 1.65. The van der Waals surface area contributed by atoms with E-state index < -0.39 is 0 Å². The highest BCUT2D eigenvalue weighted by atomic mass is 16.5. The molecule has 2 aromatic heterocycles. The Morgan fingerprint density at radius 2 is 1.97 bits per heavy atom. The van der Waals surface area contributed by atoms with Crippen LogP contribution in [0.25, 0.3) is 11.1 Å². The largest absolute Gasteiger partial charge is 0.497 e. The molecule has 3 aromatic rings. The normalized spacial score (nSPS) is 15.7. The number of rotatable bonds is 5. The molecule has 0 spiro atoms. The smallest absolute Gasteiger partial charge is 0.257 e. The molecular weight excluding hydrogens is 392 g/mol. The van der Waals surface area contributed by atoms with Crippen molar-refractivity contribution in [2.45, 2.75) is 12.3 Å². The fraction of sp³-hybridized carbons (Fsp3) is 0.304. The fourth-order valence-corrected chi connectivity index (χ4v) is 3.84. The number of nitrogens with two attached hydrogens (primary N) is 1. The Morgan fingerprint density at radius 1 is 1.19 bits per heavy atom. The van der Waals surface area contributed by atoms with E-state index in [1.165, 1.54) is 0 Å². The molecule has 1 saturated heterocycles. The first-order chi connectivity index (χ1) is 15.0. The summed E-state index contributed by atoms with van der Waals surface area (Å²) in [7, 11) is 5.48. The van der Waals surface area contributed by atoms with E-state index >= 15 is 0 Å². The summed E-state index contributed by atoms with van der Waals surface area (Å²) in [6.45, 7) is 1.21. The van der Waals surface area contributed by atoms with E-state index in [9.17, 15) is 4.79 Å². The van der Waals surface area contributed by atoms with Gasteiger partial charge in [-0.3, -0.25) is 4.79 Å². The molecule has 1 fully saturated rings. The van der Waals surface area contributed by atoms with Gasteiger partial charge in [0.25, 0.3) is 5.91 Å². The predicted molar refractivity (Wildman–Crippen MR) is 120 cm³/mol. The van der Waals surface area contributed by atoms with E-state index in [4.69, 9.17) is 15.5 Å². The highest BCUT2D eigenvalue weighted by molar-refractivity contribution is 5.98. The van der Waals surface area contributed by atoms with Gasteiger partial charge in [-0.1, -0.05) is 12.1 Å². The summed E-state index contributed by atoms with van der Waals surface area (Å²) in [6.07, 6.45) is 4.27. The Kier molecular flexibility index (Phi) is 5.70. The Bertz CT molecular complexity index is 1080. The number of likely N-dealkylation sites (tertiary alicyclic amines) is 1. The number of benzene rings is 1. The molecule has 0 aliphatic carbocycles. The Labute approximate surface area is 181 Å². The molecule has 0 radical (unpaired) electrons. The van der Waals surface area contributed by atoms with Crippen LogP contribution < -0.4 is 15.4 Å². The number of carbonyl (C=O) groups excluding carboxylic acids is 1. The van der Waals surface area contributed by atoms with Crippen LogP contribution in [0.2, 0.25) is 0 Å². The highest BCUT2D eigenvalue weighted by Crippen LogP contribution is 2.35. The van der Waals surface area contributed by atoms with Crippen LogP contribution in [0.3, 0.4) is 0 Å². The highest BCUT2D eigenvalue weighted by Gasteiger charge is 2.32. The van der Waals surface area contributed by atoms with Crippen molar-refractivity contribution in [1.82, 2.24) is 19.9 Å². The minimum atomic E-state index is -0.0963. The Hall–Kier alpha value is -3.68. The third-order valence-corrected chi connectivity index (χ3v) is 5.54. The number of nitrogens with zero attached hydrogens (tertiary/aromatic N) is 5. The van der Waals surface area contributed by atoms with E-state index in [1.807, 2.05) is 54.4 Å². The number of pyridine rings is 1. The van der Waals surface area contributed by atoms with Crippen molar-refractivity contribution in [1.29, 1.82) is 0 Å². The van der Waals surface area contributed by atoms with Gasteiger partial charge in [-0.05, 0) is 36.2 Å². The molecule has 0 unspecified atom stereocenters. The number of carbonyl (C=O) groups is 1. The molecule has 1 atom stereocenters. The standard InChI is InChI=1S/C23H26N6O2/c1-28(2)23-26-13-19(15-6-8-17(31-3)9-7-15)20(27-23)16-10-12-29(14-16)22(30)18-5-4-11-25-21(18)24/h4-9,11,13,16H,10,12,14H2,1-3H3,(H2,24,25)/t16-/m1/s1. The maximum absolute atomic E-state index is 13.0. The zero-order chi connectivity index (χ0) is 22.0. The summed E-state index contributed by atoms with van der Waals surface area (Å²) in [4.78, 5) is 30.1. The molecular formula is C23H26N6O2. The van der Waals surface area contributed by atoms with Gasteiger partial charge < -0.3 is 20.3 Å². The minimum absolute atomic E-state index is 0.0963. The van der Waals surface area contributed by atoms with Gasteiger partial charge in [-0.25, -0.2) is 15.0 Å². The van der Waals surface area contributed by atoms with Crippen molar-refractivity contribution in [3.8, 4) is 16.9 Å². The average molecular weight is 419 g/mol. The van der Waals surface area contributed by atoms with Gasteiger partial charge in [0.05, 0.1) is 18.4 Å². The quantitative estimate of drug-likeness (QED) is 0.680. The van der Waals surface area contributed by atoms with Crippen molar-refractivity contribution >= 4 is 17.7 Å². The summed E-state index contributed by atoms with van der Waals surface area (Å²) in [5.74, 6) is 1.70. The van der Waals surface area contributed by atoms with Crippen LogP contribution in [0.4, 0.5) is 11.8 Å². The van der Waals surface area contributed by atoms with Gasteiger partial charge in [0.1, 0.15) is 11.6 Å². The molecule has 1 aliphatic rings. The average Bonchev–Trinajstić information content (AvgIpc) is 3.29. The molecule has 4 rings (SSSR count). The number of hydrogen-bond donors (Lipinski definition) is 1. The molecule has 8 nitrogen and oxygen atoms in total. The second-order valence-electron chi connectivity index (χ2n) is 7.76. The molecule has 8 heteroatoms. The maximum atomic E-state index is 13.0. The van der Waals surface area contributed by atoms with Gasteiger partial charge in [-0.2, -0.15) is 0 Å². The zero-order valence-electron chi connectivity index (χ0n) is 17.9. The molecule has 0 bridgehead atoms. The van der Waals surface area contributed by atoms with E-state index in [0.717, 1.165) is 29.0 Å². The lowest BCUT2D eigenvalue weighted by atomic mass is 9.96. The summed E-state index contributed by atoms with van der Waals surface area (Å²) in [6, 6.07) is 11.3. The SMILES string of the molecule is COc1ccc(-c2cnc(N(C)C)nc2[C@@H]2CCN(C(=O)c3cccnc3N)C2)cc1. The van der Waals surface area contributed by atoms with Crippen LogP contribution in [0.5, 0.6) is 5.75 Å². The van der Waals surface area contributed by atoms with Crippen LogP contribution in [-0.2, 0) is 0 Å². The van der Waals surface area contributed by atoms with Crippen LogP contribution in [0.1, 0.15) is 28.4 Å². The second-order valence-corrected chi connectivity index (χ2v) is 7.76. The van der Waals surface area contributed by atoms with Crippen LogP contribution >= 0.6 is 0 Å². The minimum Gasteiger partial charge on any atom is -0.497 e. The van der Waals surface area contributed by atoms with Gasteiger partial charge in [0.15, 0.2) is 0 Å². The van der Waals surface area contributed by atoms with Crippen molar-refractivity contribution in [3.63, 3.8) is 0 Å². The molecule has 160 valence electrons. The molecule has 1 aromatic carbocycles. The molecule has 31 heavy (non-hydrogen) atoms. The number of aromatic nitrogens is 3. The third-order valence-electron chi connectivity index (χ3n) is 5.54. The van der Waals surface area contributed by atoms with Gasteiger partial charge in [0, 0.05) is 51.1 Å². The number of hydrogen-bond acceptors (Lipinski definition) is 7. The van der Waals surface area contributed by atoms with E-state index in [2.05, 4.69) is 9.97 Å². The van der Waals surface area contributed by atoms with Crippen molar-refractivity contribution in [3.05, 3.63) is 60.0 Å². The van der Waals surface area contributed by atoms with Crippen LogP contribution in [0.15, 0.2) is 48.8 Å². The molecule has 1 amide bonds. The number of amides is 1. The summed E-state index contributed by atoms with van der Waals surface area (Å²) in [5.41, 5.74) is 9.28. The first-order valence-corrected chi connectivity index (χ1v) is 10.2. The summed E-state index contributed by atoms with van der Waals surface area (Å²) < 4.78 is 5.28. The summed E-state index contributed by atoms with van der Waals surface area (Å²) >= 11 is 0. The first-order valence-electron chi connectivity index (χ1n) is 10.2. The van der Waals surface area contributed by atoms with Gasteiger partial charge in [0.2, 0.25) is 5.95 Å². The fourth-order valence-electron chi connectivity index (χ4n) is 3.84.